The van der Waals surface area contributed by atoms with E-state index in [9.17, 15) is 4.39 Å². The van der Waals surface area contributed by atoms with Gasteiger partial charge in [0.2, 0.25) is 0 Å². The molecule has 0 aliphatic carbocycles. The van der Waals surface area contributed by atoms with Gasteiger partial charge in [-0.1, -0.05) is 36.4 Å². The Hall–Kier alpha value is -2.36. The van der Waals surface area contributed by atoms with E-state index < -0.39 is 0 Å². The number of halogens is 1. The van der Waals surface area contributed by atoms with Crippen LogP contribution in [0.1, 0.15) is 17.2 Å². The Morgan fingerprint density at radius 1 is 1.15 bits per heavy atom. The summed E-state index contributed by atoms with van der Waals surface area (Å²) in [5, 5.41) is 0. The van der Waals surface area contributed by atoms with Crippen molar-refractivity contribution in [1.29, 1.82) is 0 Å². The molecule has 1 unspecified atom stereocenters. The Balaban J connectivity index is 2.06. The molecule has 0 aromatic heterocycles. The van der Waals surface area contributed by atoms with Crippen molar-refractivity contribution >= 4 is 11.6 Å². The van der Waals surface area contributed by atoms with Gasteiger partial charge in [0, 0.05) is 11.3 Å². The van der Waals surface area contributed by atoms with Gasteiger partial charge in [0.25, 0.3) is 0 Å². The normalized spacial score (nSPS) is 18.2. The Morgan fingerprint density at radius 2 is 1.85 bits per heavy atom. The van der Waals surface area contributed by atoms with Gasteiger partial charge < -0.3 is 10.6 Å². The quantitative estimate of drug-likeness (QED) is 0.910. The number of guanidine groups is 1. The first-order valence-corrected chi connectivity index (χ1v) is 6.57. The summed E-state index contributed by atoms with van der Waals surface area (Å²) >= 11 is 0. The molecule has 2 aromatic carbocycles. The highest BCUT2D eigenvalue weighted by molar-refractivity contribution is 5.98. The molecule has 102 valence electrons. The van der Waals surface area contributed by atoms with Crippen LogP contribution in [-0.4, -0.2) is 12.5 Å². The Morgan fingerprint density at radius 3 is 2.60 bits per heavy atom. The van der Waals surface area contributed by atoms with Crippen LogP contribution < -0.4 is 10.6 Å². The van der Waals surface area contributed by atoms with E-state index in [4.69, 9.17) is 5.73 Å². The van der Waals surface area contributed by atoms with E-state index in [-0.39, 0.29) is 11.9 Å². The molecule has 0 radical (unpaired) electrons. The van der Waals surface area contributed by atoms with E-state index in [1.165, 1.54) is 6.07 Å². The monoisotopic (exact) mass is 269 g/mol. The smallest absolute Gasteiger partial charge is 0.196 e. The first kappa shape index (κ1) is 12.7. The van der Waals surface area contributed by atoms with Crippen molar-refractivity contribution in [2.24, 2.45) is 10.7 Å². The van der Waals surface area contributed by atoms with Crippen LogP contribution in [-0.2, 0) is 0 Å². The summed E-state index contributed by atoms with van der Waals surface area (Å²) in [7, 11) is 0. The van der Waals surface area contributed by atoms with Gasteiger partial charge >= 0.3 is 0 Å². The summed E-state index contributed by atoms with van der Waals surface area (Å²) < 4.78 is 14.0. The summed E-state index contributed by atoms with van der Waals surface area (Å²) in [6, 6.07) is 14.5. The number of nitrogens with two attached hydrogens (primary N) is 1. The molecule has 0 spiro atoms. The minimum atomic E-state index is -0.221. The van der Waals surface area contributed by atoms with Crippen LogP contribution in [0.25, 0.3) is 0 Å². The van der Waals surface area contributed by atoms with E-state index in [2.05, 4.69) is 4.99 Å². The minimum absolute atomic E-state index is 0.183. The highest BCUT2D eigenvalue weighted by Gasteiger charge is 2.31. The van der Waals surface area contributed by atoms with Crippen molar-refractivity contribution in [3.8, 4) is 0 Å². The van der Waals surface area contributed by atoms with Crippen molar-refractivity contribution in [3.05, 3.63) is 65.5 Å². The second-order valence-electron chi connectivity index (χ2n) is 4.89. The molecule has 0 amide bonds. The lowest BCUT2D eigenvalue weighted by Gasteiger charge is -2.28. The van der Waals surface area contributed by atoms with E-state index in [0.717, 1.165) is 11.3 Å². The SMILES string of the molecule is Cc1ccccc1N1C(N)=NCC1c1ccccc1F. The average molecular weight is 269 g/mol. The molecule has 1 aliphatic rings. The molecule has 4 heteroatoms. The number of benzene rings is 2. The van der Waals surface area contributed by atoms with Gasteiger partial charge in [-0.15, -0.1) is 0 Å². The number of anilines is 1. The molecule has 3 rings (SSSR count). The summed E-state index contributed by atoms with van der Waals surface area (Å²) in [5.74, 6) is 0.216. The first-order chi connectivity index (χ1) is 9.68. The van der Waals surface area contributed by atoms with Crippen molar-refractivity contribution < 1.29 is 4.39 Å². The maximum Gasteiger partial charge on any atom is 0.196 e. The number of nitrogens with zero attached hydrogens (tertiary/aromatic N) is 2. The van der Waals surface area contributed by atoms with E-state index >= 15 is 0 Å². The van der Waals surface area contributed by atoms with E-state index in [1.807, 2.05) is 42.2 Å². The minimum Gasteiger partial charge on any atom is -0.369 e. The summed E-state index contributed by atoms with van der Waals surface area (Å²) in [6.45, 7) is 2.49. The van der Waals surface area contributed by atoms with Crippen molar-refractivity contribution in [3.63, 3.8) is 0 Å². The predicted molar refractivity (Wildman–Crippen MR) is 79.3 cm³/mol. The van der Waals surface area contributed by atoms with Crippen LogP contribution in [0, 0.1) is 12.7 Å². The average Bonchev–Trinajstić information content (AvgIpc) is 2.82. The molecular formula is C16H16FN3. The largest absolute Gasteiger partial charge is 0.369 e. The molecule has 1 aliphatic heterocycles. The van der Waals surface area contributed by atoms with Gasteiger partial charge in [-0.05, 0) is 24.6 Å². The van der Waals surface area contributed by atoms with Gasteiger partial charge in [0.15, 0.2) is 5.96 Å². The molecule has 0 fully saturated rings. The zero-order chi connectivity index (χ0) is 14.1. The fourth-order valence-electron chi connectivity index (χ4n) is 2.61. The summed E-state index contributed by atoms with van der Waals surface area (Å²) in [6.07, 6.45) is 0. The number of aliphatic imine (C=N–C) groups is 1. The fraction of sp³-hybridized carbons (Fsp3) is 0.188. The second-order valence-corrected chi connectivity index (χ2v) is 4.89. The topological polar surface area (TPSA) is 41.6 Å². The Kier molecular flexibility index (Phi) is 3.14. The van der Waals surface area contributed by atoms with Gasteiger partial charge in [-0.2, -0.15) is 0 Å². The lowest BCUT2D eigenvalue weighted by atomic mass is 10.0. The third-order valence-corrected chi connectivity index (χ3v) is 3.62. The van der Waals surface area contributed by atoms with Crippen molar-refractivity contribution in [2.75, 3.05) is 11.4 Å². The third-order valence-electron chi connectivity index (χ3n) is 3.62. The molecule has 2 aromatic rings. The highest BCUT2D eigenvalue weighted by atomic mass is 19.1. The fourth-order valence-corrected chi connectivity index (χ4v) is 2.61. The first-order valence-electron chi connectivity index (χ1n) is 6.57. The van der Waals surface area contributed by atoms with Gasteiger partial charge in [0.1, 0.15) is 5.82 Å². The number of para-hydroxylation sites is 1. The lowest BCUT2D eigenvalue weighted by Crippen LogP contribution is -2.36. The highest BCUT2D eigenvalue weighted by Crippen LogP contribution is 2.33. The molecular weight excluding hydrogens is 253 g/mol. The van der Waals surface area contributed by atoms with Crippen LogP contribution in [0.15, 0.2) is 53.5 Å². The molecule has 1 atom stereocenters. The zero-order valence-electron chi connectivity index (χ0n) is 11.3. The molecule has 0 bridgehead atoms. The van der Waals surface area contributed by atoms with E-state index in [1.54, 1.807) is 12.1 Å². The maximum atomic E-state index is 14.0. The molecule has 0 saturated heterocycles. The van der Waals surface area contributed by atoms with E-state index in [0.29, 0.717) is 18.1 Å². The van der Waals surface area contributed by atoms with Gasteiger partial charge in [0.05, 0.1) is 12.6 Å². The molecule has 20 heavy (non-hydrogen) atoms. The molecule has 0 saturated carbocycles. The predicted octanol–water partition coefficient (Wildman–Crippen LogP) is 3.01. The lowest BCUT2D eigenvalue weighted by molar-refractivity contribution is 0.589. The maximum absolute atomic E-state index is 14.0. The Bertz CT molecular complexity index is 666. The van der Waals surface area contributed by atoms with Crippen molar-refractivity contribution in [1.82, 2.24) is 0 Å². The molecule has 3 nitrogen and oxygen atoms in total. The summed E-state index contributed by atoms with van der Waals surface area (Å²) in [4.78, 5) is 6.20. The van der Waals surface area contributed by atoms with Gasteiger partial charge in [-0.3, -0.25) is 4.99 Å². The third kappa shape index (κ3) is 2.03. The second kappa shape index (κ2) is 4.96. The van der Waals surface area contributed by atoms with Crippen LogP contribution in [0.2, 0.25) is 0 Å². The summed E-state index contributed by atoms with van der Waals surface area (Å²) in [5.41, 5.74) is 8.70. The zero-order valence-corrected chi connectivity index (χ0v) is 11.3. The Labute approximate surface area is 117 Å². The van der Waals surface area contributed by atoms with Crippen LogP contribution in [0.5, 0.6) is 0 Å². The number of hydrogen-bond donors (Lipinski definition) is 1. The standard InChI is InChI=1S/C16H16FN3/c1-11-6-2-5-9-14(11)20-15(10-19-16(20)18)12-7-3-4-8-13(12)17/h2-9,15H,10H2,1H3,(H2,18,19). The number of rotatable bonds is 2. The molecule has 2 N–H and O–H groups in total. The van der Waals surface area contributed by atoms with Gasteiger partial charge in [-0.25, -0.2) is 4.39 Å². The van der Waals surface area contributed by atoms with Crippen molar-refractivity contribution in [2.45, 2.75) is 13.0 Å². The number of hydrogen-bond acceptors (Lipinski definition) is 3. The van der Waals surface area contributed by atoms with Crippen LogP contribution >= 0.6 is 0 Å². The number of aryl methyl sites for hydroxylation is 1. The molecule has 1 heterocycles. The van der Waals surface area contributed by atoms with Crippen LogP contribution in [0.4, 0.5) is 10.1 Å². The van der Waals surface area contributed by atoms with Crippen LogP contribution in [0.3, 0.4) is 0 Å².